The van der Waals surface area contributed by atoms with Crippen molar-refractivity contribution in [2.45, 2.75) is 59.5 Å². The molecule has 0 aromatic heterocycles. The van der Waals surface area contributed by atoms with E-state index >= 15 is 0 Å². The van der Waals surface area contributed by atoms with Gasteiger partial charge in [-0.3, -0.25) is 0 Å². The van der Waals surface area contributed by atoms with Gasteiger partial charge in [-0.15, -0.1) is 0 Å². The molecule has 0 radical (unpaired) electrons. The van der Waals surface area contributed by atoms with Gasteiger partial charge in [0.05, 0.1) is 0 Å². The quantitative estimate of drug-likeness (QED) is 0.767. The smallest absolute Gasteiger partial charge is 0.0369 e. The second kappa shape index (κ2) is 7.12. The molecule has 0 saturated heterocycles. The number of hydrogen-bond acceptors (Lipinski definition) is 2. The van der Waals surface area contributed by atoms with E-state index in [0.717, 1.165) is 12.5 Å². The topological polar surface area (TPSA) is 15.3 Å². The van der Waals surface area contributed by atoms with Gasteiger partial charge in [-0.25, -0.2) is 0 Å². The van der Waals surface area contributed by atoms with Crippen molar-refractivity contribution in [3.05, 3.63) is 29.3 Å². The monoisotopic (exact) mass is 274 g/mol. The third-order valence-corrected chi connectivity index (χ3v) is 4.06. The highest BCUT2D eigenvalue weighted by atomic mass is 15.1. The maximum absolute atomic E-state index is 3.51. The molecule has 112 valence electrons. The van der Waals surface area contributed by atoms with Crippen LogP contribution in [0.2, 0.25) is 0 Å². The third-order valence-electron chi connectivity index (χ3n) is 4.06. The summed E-state index contributed by atoms with van der Waals surface area (Å²) in [4.78, 5) is 2.57. The molecule has 0 atom stereocenters. The zero-order chi connectivity index (χ0) is 14.5. The first-order chi connectivity index (χ1) is 9.60. The first kappa shape index (κ1) is 15.4. The normalized spacial score (nSPS) is 14.8. The zero-order valence-electron chi connectivity index (χ0n) is 13.6. The van der Waals surface area contributed by atoms with Crippen LogP contribution in [0.4, 0.5) is 5.69 Å². The van der Waals surface area contributed by atoms with Crippen LogP contribution in [-0.2, 0) is 6.54 Å². The fourth-order valence-electron chi connectivity index (χ4n) is 2.60. The van der Waals surface area contributed by atoms with Crippen LogP contribution >= 0.6 is 0 Å². The van der Waals surface area contributed by atoms with Crippen molar-refractivity contribution >= 4 is 5.69 Å². The third kappa shape index (κ3) is 4.52. The summed E-state index contributed by atoms with van der Waals surface area (Å²) in [6.45, 7) is 12.3. The minimum Gasteiger partial charge on any atom is -0.371 e. The number of aryl methyl sites for hydroxylation is 1. The van der Waals surface area contributed by atoms with Crippen molar-refractivity contribution in [3.8, 4) is 0 Å². The van der Waals surface area contributed by atoms with Gasteiger partial charge in [0.1, 0.15) is 0 Å². The Hall–Kier alpha value is -1.02. The van der Waals surface area contributed by atoms with E-state index in [0.29, 0.717) is 6.04 Å². The van der Waals surface area contributed by atoms with E-state index in [4.69, 9.17) is 0 Å². The number of anilines is 1. The van der Waals surface area contributed by atoms with Crippen molar-refractivity contribution in [3.63, 3.8) is 0 Å². The molecule has 1 aromatic carbocycles. The molecule has 1 aliphatic rings. The summed E-state index contributed by atoms with van der Waals surface area (Å²) in [6, 6.07) is 7.52. The molecule has 0 bridgehead atoms. The van der Waals surface area contributed by atoms with Crippen molar-refractivity contribution < 1.29 is 0 Å². The molecule has 1 aliphatic carbocycles. The van der Waals surface area contributed by atoms with Crippen LogP contribution in [-0.4, -0.2) is 19.1 Å². The molecule has 20 heavy (non-hydrogen) atoms. The lowest BCUT2D eigenvalue weighted by molar-refractivity contribution is 0.587. The lowest BCUT2D eigenvalue weighted by Crippen LogP contribution is -2.27. The predicted octanol–water partition coefficient (Wildman–Crippen LogP) is 4.12. The van der Waals surface area contributed by atoms with E-state index in [1.165, 1.54) is 49.2 Å². The highest BCUT2D eigenvalue weighted by molar-refractivity contribution is 5.51. The lowest BCUT2D eigenvalue weighted by Gasteiger charge is -2.25. The van der Waals surface area contributed by atoms with E-state index in [1.807, 2.05) is 0 Å². The summed E-state index contributed by atoms with van der Waals surface area (Å²) < 4.78 is 0. The fraction of sp³-hybridized carbons (Fsp3) is 0.667. The second-order valence-corrected chi connectivity index (χ2v) is 6.54. The SMILES string of the molecule is CCCN(CC1CC1)c1ccc(CNC(C)C)c(C)c1. The maximum Gasteiger partial charge on any atom is 0.0369 e. The van der Waals surface area contributed by atoms with E-state index in [9.17, 15) is 0 Å². The Kier molecular flexibility index (Phi) is 5.47. The van der Waals surface area contributed by atoms with E-state index in [-0.39, 0.29) is 0 Å². The average Bonchev–Trinajstić information content (AvgIpc) is 3.20. The first-order valence-corrected chi connectivity index (χ1v) is 8.18. The minimum atomic E-state index is 0.542. The van der Waals surface area contributed by atoms with Gasteiger partial charge in [-0.1, -0.05) is 26.8 Å². The van der Waals surface area contributed by atoms with Gasteiger partial charge in [0.25, 0.3) is 0 Å². The van der Waals surface area contributed by atoms with Crippen LogP contribution in [0.25, 0.3) is 0 Å². The number of hydrogen-bond donors (Lipinski definition) is 1. The van der Waals surface area contributed by atoms with Gasteiger partial charge in [0.15, 0.2) is 0 Å². The minimum absolute atomic E-state index is 0.542. The summed E-state index contributed by atoms with van der Waals surface area (Å²) in [5.41, 5.74) is 4.24. The molecule has 0 heterocycles. The largest absolute Gasteiger partial charge is 0.371 e. The lowest BCUT2D eigenvalue weighted by atomic mass is 10.1. The molecule has 0 unspecified atom stereocenters. The van der Waals surface area contributed by atoms with Gasteiger partial charge < -0.3 is 10.2 Å². The molecule has 0 aliphatic heterocycles. The molecule has 1 aromatic rings. The Morgan fingerprint density at radius 1 is 1.30 bits per heavy atom. The van der Waals surface area contributed by atoms with Crippen LogP contribution in [0.5, 0.6) is 0 Å². The molecule has 0 amide bonds. The van der Waals surface area contributed by atoms with Crippen LogP contribution in [0.3, 0.4) is 0 Å². The van der Waals surface area contributed by atoms with Crippen LogP contribution in [0, 0.1) is 12.8 Å². The number of nitrogens with zero attached hydrogens (tertiary/aromatic N) is 1. The van der Waals surface area contributed by atoms with Crippen molar-refractivity contribution in [2.24, 2.45) is 5.92 Å². The van der Waals surface area contributed by atoms with Gasteiger partial charge in [0.2, 0.25) is 0 Å². The summed E-state index contributed by atoms with van der Waals surface area (Å²) in [7, 11) is 0. The molecule has 1 N–H and O–H groups in total. The molecule has 0 spiro atoms. The van der Waals surface area contributed by atoms with Crippen molar-refractivity contribution in [1.29, 1.82) is 0 Å². The van der Waals surface area contributed by atoms with Gasteiger partial charge in [-0.2, -0.15) is 0 Å². The Balaban J connectivity index is 2.04. The second-order valence-electron chi connectivity index (χ2n) is 6.54. The summed E-state index contributed by atoms with van der Waals surface area (Å²) in [6.07, 6.45) is 4.08. The van der Waals surface area contributed by atoms with Gasteiger partial charge in [-0.05, 0) is 55.4 Å². The average molecular weight is 274 g/mol. The Morgan fingerprint density at radius 3 is 2.60 bits per heavy atom. The van der Waals surface area contributed by atoms with Gasteiger partial charge >= 0.3 is 0 Å². The first-order valence-electron chi connectivity index (χ1n) is 8.18. The molecule has 1 saturated carbocycles. The highest BCUT2D eigenvalue weighted by Crippen LogP contribution is 2.32. The van der Waals surface area contributed by atoms with Crippen LogP contribution in [0.1, 0.15) is 51.2 Å². The van der Waals surface area contributed by atoms with Crippen molar-refractivity contribution in [1.82, 2.24) is 5.32 Å². The molecule has 2 nitrogen and oxygen atoms in total. The number of benzene rings is 1. The molecule has 1 fully saturated rings. The molecule has 2 rings (SSSR count). The fourth-order valence-corrected chi connectivity index (χ4v) is 2.60. The van der Waals surface area contributed by atoms with E-state index < -0.39 is 0 Å². The predicted molar refractivity (Wildman–Crippen MR) is 88.4 cm³/mol. The summed E-state index contributed by atoms with van der Waals surface area (Å²) in [5, 5.41) is 3.51. The van der Waals surface area contributed by atoms with Gasteiger partial charge in [0, 0.05) is 31.4 Å². The maximum atomic E-state index is 3.51. The molecular formula is C18H30N2. The van der Waals surface area contributed by atoms with E-state index in [2.05, 4.69) is 56.1 Å². The Labute approximate surface area is 124 Å². The standard InChI is InChI=1S/C18H30N2/c1-5-10-20(13-16-6-7-16)18-9-8-17(15(4)11-18)12-19-14(2)3/h8-9,11,14,16,19H,5-7,10,12-13H2,1-4H3. The van der Waals surface area contributed by atoms with E-state index in [1.54, 1.807) is 0 Å². The van der Waals surface area contributed by atoms with Crippen LogP contribution in [0.15, 0.2) is 18.2 Å². The summed E-state index contributed by atoms with van der Waals surface area (Å²) in [5.74, 6) is 0.948. The zero-order valence-corrected chi connectivity index (χ0v) is 13.6. The van der Waals surface area contributed by atoms with Crippen molar-refractivity contribution in [2.75, 3.05) is 18.0 Å². The highest BCUT2D eigenvalue weighted by Gasteiger charge is 2.24. The van der Waals surface area contributed by atoms with Crippen LogP contribution < -0.4 is 10.2 Å². The molecule has 2 heteroatoms. The number of rotatable bonds is 8. The number of nitrogens with one attached hydrogen (secondary N) is 1. The summed E-state index contributed by atoms with van der Waals surface area (Å²) >= 11 is 0. The Morgan fingerprint density at radius 2 is 2.05 bits per heavy atom. The molecular weight excluding hydrogens is 244 g/mol. The Bertz CT molecular complexity index is 421.